The number of rotatable bonds is 2. The van der Waals surface area contributed by atoms with Crippen LogP contribution in [0.25, 0.3) is 11.3 Å². The van der Waals surface area contributed by atoms with Gasteiger partial charge < -0.3 is 20.3 Å². The largest absolute Gasteiger partial charge is 0.379 e. The van der Waals surface area contributed by atoms with Crippen molar-refractivity contribution in [2.45, 2.75) is 6.04 Å². The van der Waals surface area contributed by atoms with E-state index in [2.05, 4.69) is 21.9 Å². The second kappa shape index (κ2) is 7.01. The van der Waals surface area contributed by atoms with Crippen LogP contribution in [0.2, 0.25) is 0 Å². The highest BCUT2D eigenvalue weighted by Crippen LogP contribution is 2.26. The number of ether oxygens (including phenoxy) is 1. The number of hydrogen-bond donors (Lipinski definition) is 1. The van der Waals surface area contributed by atoms with Crippen LogP contribution in [0.3, 0.4) is 0 Å². The number of carbonyl (C=O) groups is 1. The van der Waals surface area contributed by atoms with Crippen molar-refractivity contribution in [1.29, 1.82) is 0 Å². The van der Waals surface area contributed by atoms with Crippen LogP contribution in [0.5, 0.6) is 0 Å². The first-order chi connectivity index (χ1) is 12.6. The maximum atomic E-state index is 13.4. The number of aromatic nitrogens is 2. The van der Waals surface area contributed by atoms with Crippen LogP contribution in [0.15, 0.2) is 36.5 Å². The van der Waals surface area contributed by atoms with Crippen LogP contribution in [-0.2, 0) is 4.74 Å². The first-order valence-electron chi connectivity index (χ1n) is 8.87. The summed E-state index contributed by atoms with van der Waals surface area (Å²) in [6.07, 6.45) is 1.55. The topological polar surface area (TPSA) is 84.6 Å². The number of anilines is 1. The summed E-state index contributed by atoms with van der Waals surface area (Å²) in [7, 11) is 2.10. The molecule has 1 aromatic heterocycles. The highest BCUT2D eigenvalue weighted by atomic mass is 16.5. The van der Waals surface area contributed by atoms with E-state index in [1.165, 1.54) is 0 Å². The summed E-state index contributed by atoms with van der Waals surface area (Å²) in [5.41, 5.74) is 7.72. The number of nitrogens with two attached hydrogens (primary N) is 1. The van der Waals surface area contributed by atoms with Gasteiger partial charge in [-0.15, -0.1) is 0 Å². The lowest BCUT2D eigenvalue weighted by atomic mass is 10.0. The Morgan fingerprint density at radius 3 is 2.81 bits per heavy atom. The first-order valence-corrected chi connectivity index (χ1v) is 8.87. The summed E-state index contributed by atoms with van der Waals surface area (Å²) in [6.45, 7) is 3.67. The number of likely N-dealkylation sites (N-methyl/N-ethyl adjacent to an activating group) is 1. The minimum atomic E-state index is -0.0559. The average Bonchev–Trinajstić information content (AvgIpc) is 2.92. The van der Waals surface area contributed by atoms with Gasteiger partial charge in [-0.1, -0.05) is 30.3 Å². The van der Waals surface area contributed by atoms with E-state index in [1.807, 2.05) is 35.2 Å². The van der Waals surface area contributed by atoms with Gasteiger partial charge in [-0.3, -0.25) is 4.79 Å². The fourth-order valence-corrected chi connectivity index (χ4v) is 3.85. The van der Waals surface area contributed by atoms with Crippen molar-refractivity contribution in [3.8, 4) is 11.3 Å². The summed E-state index contributed by atoms with van der Waals surface area (Å²) in [4.78, 5) is 26.1. The molecule has 2 aliphatic rings. The number of nitrogen functional groups attached to an aromatic ring is 1. The third-order valence-electron chi connectivity index (χ3n) is 5.00. The molecule has 2 saturated heterocycles. The standard InChI is InChI=1S/C19H23N5O2/c1-23-8-13-9-24(15(10-23)12-26-11-13)18(25)16-7-21-19(20)22-17(16)14-5-3-2-4-6-14/h2-7,13,15H,8-12H2,1H3,(H2,20,21,22)/t13-,15-/m0/s1. The molecule has 2 bridgehead atoms. The van der Waals surface area contributed by atoms with Crippen molar-refractivity contribution in [2.75, 3.05) is 45.6 Å². The monoisotopic (exact) mass is 353 g/mol. The van der Waals surface area contributed by atoms with Crippen LogP contribution >= 0.6 is 0 Å². The van der Waals surface area contributed by atoms with E-state index in [1.54, 1.807) is 6.20 Å². The van der Waals surface area contributed by atoms with Crippen LogP contribution < -0.4 is 5.73 Å². The molecular weight excluding hydrogens is 330 g/mol. The van der Waals surface area contributed by atoms with Crippen molar-refractivity contribution in [3.05, 3.63) is 42.1 Å². The Balaban J connectivity index is 1.72. The molecule has 0 radical (unpaired) electrons. The molecule has 1 aromatic carbocycles. The lowest BCUT2D eigenvalue weighted by Gasteiger charge is -2.30. The summed E-state index contributed by atoms with van der Waals surface area (Å²) in [5.74, 6) is 0.420. The smallest absolute Gasteiger partial charge is 0.258 e. The number of carbonyl (C=O) groups excluding carboxylic acids is 1. The molecule has 0 spiro atoms. The van der Waals surface area contributed by atoms with Crippen molar-refractivity contribution in [1.82, 2.24) is 19.8 Å². The van der Waals surface area contributed by atoms with Gasteiger partial charge in [-0.2, -0.15) is 0 Å². The highest BCUT2D eigenvalue weighted by molar-refractivity contribution is 6.00. The normalized spacial score (nSPS) is 23.5. The van der Waals surface area contributed by atoms with Gasteiger partial charge in [0.05, 0.1) is 30.5 Å². The zero-order valence-corrected chi connectivity index (χ0v) is 14.8. The average molecular weight is 353 g/mol. The van der Waals surface area contributed by atoms with Crippen molar-refractivity contribution in [3.63, 3.8) is 0 Å². The maximum Gasteiger partial charge on any atom is 0.258 e. The molecule has 1 amide bonds. The Morgan fingerprint density at radius 2 is 2.00 bits per heavy atom. The number of fused-ring (bicyclic) bond motifs is 3. The molecule has 2 aliphatic heterocycles. The lowest BCUT2D eigenvalue weighted by molar-refractivity contribution is 0.0483. The van der Waals surface area contributed by atoms with E-state index in [0.29, 0.717) is 36.9 Å². The van der Waals surface area contributed by atoms with Crippen molar-refractivity contribution >= 4 is 11.9 Å². The minimum Gasteiger partial charge on any atom is -0.379 e. The van der Waals surface area contributed by atoms with E-state index in [0.717, 1.165) is 18.7 Å². The Morgan fingerprint density at radius 1 is 1.19 bits per heavy atom. The van der Waals surface area contributed by atoms with E-state index in [9.17, 15) is 4.79 Å². The predicted molar refractivity (Wildman–Crippen MR) is 98.5 cm³/mol. The molecule has 0 aliphatic carbocycles. The van der Waals surface area contributed by atoms with Gasteiger partial charge in [0, 0.05) is 37.3 Å². The van der Waals surface area contributed by atoms with Crippen LogP contribution in [0, 0.1) is 5.92 Å². The number of benzene rings is 1. The van der Waals surface area contributed by atoms with Crippen molar-refractivity contribution < 1.29 is 9.53 Å². The molecule has 7 nitrogen and oxygen atoms in total. The molecule has 3 heterocycles. The first kappa shape index (κ1) is 16.9. The van der Waals surface area contributed by atoms with Gasteiger partial charge in [0.1, 0.15) is 0 Å². The zero-order chi connectivity index (χ0) is 18.1. The third-order valence-corrected chi connectivity index (χ3v) is 5.00. The molecule has 2 atom stereocenters. The van der Waals surface area contributed by atoms with Gasteiger partial charge in [-0.05, 0) is 7.05 Å². The minimum absolute atomic E-state index is 0.0289. The Labute approximate surface area is 152 Å². The summed E-state index contributed by atoms with van der Waals surface area (Å²) in [5, 5.41) is 0. The second-order valence-corrected chi connectivity index (χ2v) is 7.09. The van der Waals surface area contributed by atoms with Gasteiger partial charge in [0.15, 0.2) is 0 Å². The van der Waals surface area contributed by atoms with Gasteiger partial charge in [-0.25, -0.2) is 9.97 Å². The fraction of sp³-hybridized carbons (Fsp3) is 0.421. The third kappa shape index (κ3) is 3.27. The molecule has 0 unspecified atom stereocenters. The van der Waals surface area contributed by atoms with E-state index < -0.39 is 0 Å². The van der Waals surface area contributed by atoms with Gasteiger partial charge in [0.25, 0.3) is 5.91 Å². The molecule has 136 valence electrons. The number of hydrogen-bond acceptors (Lipinski definition) is 6. The van der Waals surface area contributed by atoms with Gasteiger partial charge >= 0.3 is 0 Å². The zero-order valence-electron chi connectivity index (χ0n) is 14.8. The second-order valence-electron chi connectivity index (χ2n) is 7.09. The molecule has 2 aromatic rings. The maximum absolute atomic E-state index is 13.4. The predicted octanol–water partition coefficient (Wildman–Crippen LogP) is 1.13. The van der Waals surface area contributed by atoms with Crippen LogP contribution in [0.1, 0.15) is 10.4 Å². The van der Waals surface area contributed by atoms with E-state index >= 15 is 0 Å². The van der Waals surface area contributed by atoms with Gasteiger partial charge in [0.2, 0.25) is 5.95 Å². The lowest BCUT2D eigenvalue weighted by Crippen LogP contribution is -2.46. The SMILES string of the molecule is CN1C[C@@H]2COC[C@H](C1)N(C(=O)c1cnc(N)nc1-c1ccccc1)C2. The number of nitrogens with zero attached hydrogens (tertiary/aromatic N) is 4. The van der Waals surface area contributed by atoms with E-state index in [-0.39, 0.29) is 17.9 Å². The molecular formula is C19H23N5O2. The molecule has 26 heavy (non-hydrogen) atoms. The van der Waals surface area contributed by atoms with E-state index in [4.69, 9.17) is 10.5 Å². The highest BCUT2D eigenvalue weighted by Gasteiger charge is 2.36. The van der Waals surface area contributed by atoms with Crippen LogP contribution in [0.4, 0.5) is 5.95 Å². The number of amides is 1. The summed E-state index contributed by atoms with van der Waals surface area (Å²) < 4.78 is 5.79. The van der Waals surface area contributed by atoms with Crippen LogP contribution in [-0.4, -0.2) is 71.6 Å². The molecule has 4 rings (SSSR count). The van der Waals surface area contributed by atoms with Crippen molar-refractivity contribution in [2.24, 2.45) is 5.92 Å². The quantitative estimate of drug-likeness (QED) is 0.871. The molecule has 2 fully saturated rings. The summed E-state index contributed by atoms with van der Waals surface area (Å²) in [6, 6.07) is 9.65. The summed E-state index contributed by atoms with van der Waals surface area (Å²) >= 11 is 0. The molecule has 2 N–H and O–H groups in total. The fourth-order valence-electron chi connectivity index (χ4n) is 3.85. The molecule has 7 heteroatoms. The Hall–Kier alpha value is -2.51. The molecule has 0 saturated carbocycles. The Kier molecular flexibility index (Phi) is 4.57. The Bertz CT molecular complexity index is 798.